The molecule has 0 fully saturated rings. The first kappa shape index (κ1) is 11.5. The highest BCUT2D eigenvalue weighted by atomic mass is 32.2. The topological polar surface area (TPSA) is 71.4 Å². The van der Waals surface area contributed by atoms with Crippen LogP contribution in [0, 0.1) is 5.92 Å². The molecule has 0 aliphatic rings. The molecule has 1 N–H and O–H groups in total. The van der Waals surface area contributed by atoms with Gasteiger partial charge in [0.15, 0.2) is 0 Å². The van der Waals surface area contributed by atoms with Crippen LogP contribution < -0.4 is 0 Å². The minimum atomic E-state index is -2.45. The molecule has 0 saturated heterocycles. The summed E-state index contributed by atoms with van der Waals surface area (Å²) in [6, 6.07) is 8.90. The van der Waals surface area contributed by atoms with Crippen LogP contribution in [-0.2, 0) is 21.5 Å². The van der Waals surface area contributed by atoms with Gasteiger partial charge in [-0.15, -0.1) is 0 Å². The summed E-state index contributed by atoms with van der Waals surface area (Å²) in [6.45, 7) is 0. The molecule has 0 amide bonds. The van der Waals surface area contributed by atoms with Crippen LogP contribution in [0.1, 0.15) is 5.56 Å². The Morgan fingerprint density at radius 3 is 2.40 bits per heavy atom. The number of carbonyl (C=O) groups is 1. The lowest BCUT2D eigenvalue weighted by Gasteiger charge is -2.04. The molecule has 15 heavy (non-hydrogen) atoms. The molecule has 4 nitrogen and oxygen atoms in total. The zero-order chi connectivity index (χ0) is 11.3. The van der Waals surface area contributed by atoms with E-state index < -0.39 is 22.2 Å². The molecule has 0 aliphatic carbocycles. The lowest BCUT2D eigenvalue weighted by molar-refractivity contribution is -0.139. The van der Waals surface area contributed by atoms with E-state index >= 15 is 0 Å². The van der Waals surface area contributed by atoms with Gasteiger partial charge in [0.1, 0.15) is 0 Å². The smallest absolute Gasteiger partial charge is 0.311 e. The Hall–Kier alpha value is -1.62. The largest absolute Gasteiger partial charge is 0.481 e. The molecule has 0 bridgehead atoms. The third-order valence-electron chi connectivity index (χ3n) is 1.89. The van der Waals surface area contributed by atoms with E-state index in [-0.39, 0.29) is 6.42 Å². The summed E-state index contributed by atoms with van der Waals surface area (Å²) in [5.41, 5.74) is 0.798. The van der Waals surface area contributed by atoms with E-state index in [1.165, 1.54) is 0 Å². The fourth-order valence-corrected chi connectivity index (χ4v) is 1.68. The lowest BCUT2D eigenvalue weighted by atomic mass is 10.0. The molecule has 0 spiro atoms. The van der Waals surface area contributed by atoms with Crippen LogP contribution in [0.25, 0.3) is 0 Å². The summed E-state index contributed by atoms with van der Waals surface area (Å²) >= 11 is 0. The summed E-state index contributed by atoms with van der Waals surface area (Å²) in [5.74, 6) is -2.13. The number of carboxylic acid groups (broad SMARTS) is 1. The zero-order valence-corrected chi connectivity index (χ0v) is 8.65. The molecule has 0 aromatic heterocycles. The van der Waals surface area contributed by atoms with Gasteiger partial charge in [-0.1, -0.05) is 30.3 Å². The van der Waals surface area contributed by atoms with Gasteiger partial charge in [-0.3, -0.25) is 4.79 Å². The second-order valence-electron chi connectivity index (χ2n) is 3.03. The Balaban J connectivity index is 2.86. The number of hydrogen-bond acceptors (Lipinski definition) is 3. The Morgan fingerprint density at radius 2 is 1.93 bits per heavy atom. The third kappa shape index (κ3) is 3.95. The number of benzene rings is 1. The van der Waals surface area contributed by atoms with Crippen molar-refractivity contribution >= 4 is 21.6 Å². The summed E-state index contributed by atoms with van der Waals surface area (Å²) in [7, 11) is -2.45. The van der Waals surface area contributed by atoms with Gasteiger partial charge in [-0.05, 0) is 12.0 Å². The molecular weight excluding hydrogens is 216 g/mol. The maximum atomic E-state index is 10.7. The molecule has 80 valence electrons. The molecule has 1 aromatic rings. The summed E-state index contributed by atoms with van der Waals surface area (Å²) < 4.78 is 20.8. The number of aliphatic carboxylic acids is 1. The molecule has 1 unspecified atom stereocenters. The monoisotopic (exact) mass is 226 g/mol. The Kier molecular flexibility index (Phi) is 4.05. The minimum absolute atomic E-state index is 0.185. The predicted octanol–water partition coefficient (Wildman–Crippen LogP) is 0.611. The molecule has 1 atom stereocenters. The van der Waals surface area contributed by atoms with E-state index in [4.69, 9.17) is 5.11 Å². The van der Waals surface area contributed by atoms with E-state index in [0.717, 1.165) is 10.9 Å². The molecule has 0 radical (unpaired) electrons. The van der Waals surface area contributed by atoms with Crippen molar-refractivity contribution in [2.75, 3.05) is 0 Å². The van der Waals surface area contributed by atoms with Crippen LogP contribution in [0.3, 0.4) is 0 Å². The van der Waals surface area contributed by atoms with Crippen LogP contribution in [-0.4, -0.2) is 24.9 Å². The van der Waals surface area contributed by atoms with Crippen LogP contribution in [0.5, 0.6) is 0 Å². The average molecular weight is 226 g/mol. The SMILES string of the molecule is O=C(O)C(C=S(=O)=O)Cc1ccccc1. The van der Waals surface area contributed by atoms with Crippen molar-refractivity contribution in [2.45, 2.75) is 6.42 Å². The fraction of sp³-hybridized carbons (Fsp3) is 0.200. The van der Waals surface area contributed by atoms with Crippen molar-refractivity contribution in [3.8, 4) is 0 Å². The Bertz CT molecular complexity index is 453. The van der Waals surface area contributed by atoms with Crippen molar-refractivity contribution in [1.82, 2.24) is 0 Å². The molecular formula is C10H10O4S. The van der Waals surface area contributed by atoms with E-state index in [9.17, 15) is 13.2 Å². The molecule has 1 aromatic carbocycles. The van der Waals surface area contributed by atoms with E-state index in [2.05, 4.69) is 0 Å². The van der Waals surface area contributed by atoms with Gasteiger partial charge in [-0.25, -0.2) is 0 Å². The quantitative estimate of drug-likeness (QED) is 0.763. The second-order valence-corrected chi connectivity index (χ2v) is 3.82. The van der Waals surface area contributed by atoms with Crippen LogP contribution in [0.4, 0.5) is 0 Å². The van der Waals surface area contributed by atoms with Crippen molar-refractivity contribution in [2.24, 2.45) is 5.92 Å². The normalized spacial score (nSPS) is 11.7. The van der Waals surface area contributed by atoms with E-state index in [1.54, 1.807) is 24.3 Å². The Morgan fingerprint density at radius 1 is 1.33 bits per heavy atom. The van der Waals surface area contributed by atoms with Gasteiger partial charge in [-0.2, -0.15) is 8.42 Å². The van der Waals surface area contributed by atoms with Gasteiger partial charge in [0.2, 0.25) is 10.3 Å². The van der Waals surface area contributed by atoms with Crippen molar-refractivity contribution < 1.29 is 18.3 Å². The van der Waals surface area contributed by atoms with Crippen molar-refractivity contribution in [1.29, 1.82) is 0 Å². The van der Waals surface area contributed by atoms with Crippen LogP contribution >= 0.6 is 0 Å². The fourth-order valence-electron chi connectivity index (χ4n) is 1.20. The number of hydrogen-bond donors (Lipinski definition) is 1. The maximum Gasteiger partial charge on any atom is 0.311 e. The van der Waals surface area contributed by atoms with Crippen LogP contribution in [0.2, 0.25) is 0 Å². The minimum Gasteiger partial charge on any atom is -0.481 e. The first-order valence-electron chi connectivity index (χ1n) is 4.29. The maximum absolute atomic E-state index is 10.7. The molecule has 0 saturated carbocycles. The van der Waals surface area contributed by atoms with Crippen molar-refractivity contribution in [3.63, 3.8) is 0 Å². The van der Waals surface area contributed by atoms with Crippen LogP contribution in [0.15, 0.2) is 30.3 Å². The second kappa shape index (κ2) is 5.31. The summed E-state index contributed by atoms with van der Waals surface area (Å²) in [5, 5.41) is 9.58. The van der Waals surface area contributed by atoms with Gasteiger partial charge >= 0.3 is 5.97 Å². The number of rotatable bonds is 4. The van der Waals surface area contributed by atoms with Gasteiger partial charge in [0.05, 0.1) is 11.3 Å². The highest BCUT2D eigenvalue weighted by Gasteiger charge is 2.15. The first-order chi connectivity index (χ1) is 7.09. The average Bonchev–Trinajstić information content (AvgIpc) is 2.17. The van der Waals surface area contributed by atoms with Gasteiger partial charge < -0.3 is 5.11 Å². The zero-order valence-electron chi connectivity index (χ0n) is 7.83. The first-order valence-corrected chi connectivity index (χ1v) is 5.43. The highest BCUT2D eigenvalue weighted by molar-refractivity contribution is 7.71. The molecule has 0 heterocycles. The predicted molar refractivity (Wildman–Crippen MR) is 56.3 cm³/mol. The van der Waals surface area contributed by atoms with Crippen molar-refractivity contribution in [3.05, 3.63) is 35.9 Å². The highest BCUT2D eigenvalue weighted by Crippen LogP contribution is 2.06. The summed E-state index contributed by atoms with van der Waals surface area (Å²) in [4.78, 5) is 10.7. The van der Waals surface area contributed by atoms with Gasteiger partial charge in [0.25, 0.3) is 0 Å². The lowest BCUT2D eigenvalue weighted by Crippen LogP contribution is -2.18. The molecule has 5 heteroatoms. The number of carboxylic acids is 1. The van der Waals surface area contributed by atoms with E-state index in [1.807, 2.05) is 6.07 Å². The van der Waals surface area contributed by atoms with E-state index in [0.29, 0.717) is 0 Å². The molecule has 1 rings (SSSR count). The summed E-state index contributed by atoms with van der Waals surface area (Å²) in [6.07, 6.45) is 0.185. The standard InChI is InChI=1S/C10H10O4S/c11-10(12)9(7-15(13)14)6-8-4-2-1-3-5-8/h1-5,7,9H,6H2,(H,11,12). The third-order valence-corrected chi connectivity index (χ3v) is 2.44. The van der Waals surface area contributed by atoms with Gasteiger partial charge in [0, 0.05) is 0 Å². The Labute approximate surface area is 88.7 Å². The molecule has 0 aliphatic heterocycles.